The summed E-state index contributed by atoms with van der Waals surface area (Å²) in [6.45, 7) is 3.62. The third-order valence-corrected chi connectivity index (χ3v) is 3.43. The van der Waals surface area contributed by atoms with Crippen molar-refractivity contribution in [1.29, 1.82) is 0 Å². The normalized spacial score (nSPS) is 13.5. The van der Waals surface area contributed by atoms with Gasteiger partial charge in [0.2, 0.25) is 0 Å². The predicted molar refractivity (Wildman–Crippen MR) is 77.7 cm³/mol. The number of hydrogen-bond donors (Lipinski definition) is 2. The zero-order chi connectivity index (χ0) is 14.0. The first-order valence-electron chi connectivity index (χ1n) is 5.73. The highest BCUT2D eigenvalue weighted by atomic mass is 79.9. The Morgan fingerprint density at radius 2 is 2.16 bits per heavy atom. The maximum absolute atomic E-state index is 8.64. The Labute approximate surface area is 119 Å². The molecule has 6 heteroatoms. The van der Waals surface area contributed by atoms with E-state index in [1.54, 1.807) is 13.0 Å². The van der Waals surface area contributed by atoms with E-state index < -0.39 is 6.10 Å². The summed E-state index contributed by atoms with van der Waals surface area (Å²) in [5.41, 5.74) is 7.15. The van der Waals surface area contributed by atoms with Crippen molar-refractivity contribution < 1.29 is 9.94 Å². The van der Waals surface area contributed by atoms with Crippen molar-refractivity contribution >= 4 is 32.7 Å². The fourth-order valence-electron chi connectivity index (χ4n) is 1.68. The van der Waals surface area contributed by atoms with Gasteiger partial charge in [0.25, 0.3) is 0 Å². The molecule has 100 valence electrons. The summed E-state index contributed by atoms with van der Waals surface area (Å²) < 4.78 is 6.63. The maximum Gasteiger partial charge on any atom is 0.180 e. The highest BCUT2D eigenvalue weighted by Gasteiger charge is 2.13. The topological polar surface area (TPSA) is 80.7 Å². The molecule has 0 radical (unpaired) electrons. The first-order valence-corrected chi connectivity index (χ1v) is 6.52. The second-order valence-corrected chi connectivity index (χ2v) is 5.03. The first kappa shape index (κ1) is 13.6. The number of hydrogen-bond acceptors (Lipinski definition) is 4. The zero-order valence-corrected chi connectivity index (χ0v) is 12.2. The lowest BCUT2D eigenvalue weighted by Gasteiger charge is -2.15. The standard InChI is InChI=1S/C13H14BrN3O2/c1-7-3-4-9-10(14)5-6-11(12(9)16-7)19-8(2)13(15)17-18/h3-6,8,18H,1-2H3,(H2,15,17). The number of oxime groups is 1. The minimum absolute atomic E-state index is 0.0173. The molecule has 0 saturated carbocycles. The maximum atomic E-state index is 8.64. The third kappa shape index (κ3) is 2.78. The Kier molecular flexibility index (Phi) is 3.90. The number of nitrogens with zero attached hydrogens (tertiary/aromatic N) is 2. The van der Waals surface area contributed by atoms with Gasteiger partial charge in [0.15, 0.2) is 11.9 Å². The van der Waals surface area contributed by atoms with Gasteiger partial charge >= 0.3 is 0 Å². The van der Waals surface area contributed by atoms with E-state index in [-0.39, 0.29) is 5.84 Å². The summed E-state index contributed by atoms with van der Waals surface area (Å²) in [6, 6.07) is 7.60. The molecule has 2 aromatic rings. The zero-order valence-electron chi connectivity index (χ0n) is 10.6. The van der Waals surface area contributed by atoms with Gasteiger partial charge in [-0.15, -0.1) is 0 Å². The van der Waals surface area contributed by atoms with Crippen LogP contribution < -0.4 is 10.5 Å². The molecule has 0 aliphatic carbocycles. The van der Waals surface area contributed by atoms with Crippen LogP contribution in [0.1, 0.15) is 12.6 Å². The van der Waals surface area contributed by atoms with E-state index in [9.17, 15) is 0 Å². The molecular formula is C13H14BrN3O2. The van der Waals surface area contributed by atoms with Gasteiger partial charge in [-0.05, 0) is 38.1 Å². The van der Waals surface area contributed by atoms with Crippen molar-refractivity contribution in [3.63, 3.8) is 0 Å². The molecule has 0 amide bonds. The Morgan fingerprint density at radius 1 is 1.42 bits per heavy atom. The number of nitrogens with two attached hydrogens (primary N) is 1. The molecule has 2 rings (SSSR count). The van der Waals surface area contributed by atoms with Crippen molar-refractivity contribution in [1.82, 2.24) is 4.98 Å². The lowest BCUT2D eigenvalue weighted by molar-refractivity contribution is 0.267. The van der Waals surface area contributed by atoms with Crippen LogP contribution in [0.3, 0.4) is 0 Å². The van der Waals surface area contributed by atoms with Crippen LogP contribution in [0, 0.1) is 6.92 Å². The second kappa shape index (κ2) is 5.44. The van der Waals surface area contributed by atoms with Gasteiger partial charge < -0.3 is 15.7 Å². The van der Waals surface area contributed by atoms with Gasteiger partial charge in [-0.1, -0.05) is 21.1 Å². The van der Waals surface area contributed by atoms with Gasteiger partial charge in [0.1, 0.15) is 11.3 Å². The Bertz CT molecular complexity index is 643. The Hall–Kier alpha value is -1.82. The molecule has 0 bridgehead atoms. The molecule has 0 fully saturated rings. The quantitative estimate of drug-likeness (QED) is 0.394. The number of aromatic nitrogens is 1. The fourth-order valence-corrected chi connectivity index (χ4v) is 2.13. The van der Waals surface area contributed by atoms with E-state index in [1.807, 2.05) is 25.1 Å². The second-order valence-electron chi connectivity index (χ2n) is 4.18. The van der Waals surface area contributed by atoms with E-state index in [0.29, 0.717) is 5.75 Å². The Morgan fingerprint density at radius 3 is 2.84 bits per heavy atom. The molecule has 1 aromatic carbocycles. The molecule has 1 unspecified atom stereocenters. The lowest BCUT2D eigenvalue weighted by atomic mass is 10.2. The summed E-state index contributed by atoms with van der Waals surface area (Å²) in [7, 11) is 0. The van der Waals surface area contributed by atoms with Crippen molar-refractivity contribution in [2.24, 2.45) is 10.9 Å². The highest BCUT2D eigenvalue weighted by molar-refractivity contribution is 9.10. The molecule has 1 aromatic heterocycles. The monoisotopic (exact) mass is 323 g/mol. The lowest BCUT2D eigenvalue weighted by Crippen LogP contribution is -2.31. The SMILES string of the molecule is Cc1ccc2c(Br)ccc(OC(C)C(N)=NO)c2n1. The smallest absolute Gasteiger partial charge is 0.180 e. The number of fused-ring (bicyclic) bond motifs is 1. The summed E-state index contributed by atoms with van der Waals surface area (Å²) in [5.74, 6) is 0.615. The fraction of sp³-hybridized carbons (Fsp3) is 0.231. The Balaban J connectivity index is 2.49. The van der Waals surface area contributed by atoms with Crippen LogP contribution in [0.2, 0.25) is 0 Å². The van der Waals surface area contributed by atoms with Crippen LogP contribution in [-0.2, 0) is 0 Å². The van der Waals surface area contributed by atoms with Crippen LogP contribution in [0.5, 0.6) is 5.75 Å². The molecule has 3 N–H and O–H groups in total. The average molecular weight is 324 g/mol. The number of rotatable bonds is 3. The van der Waals surface area contributed by atoms with Gasteiger partial charge in [0, 0.05) is 15.6 Å². The van der Waals surface area contributed by atoms with E-state index >= 15 is 0 Å². The number of pyridine rings is 1. The minimum atomic E-state index is -0.531. The van der Waals surface area contributed by atoms with Crippen molar-refractivity contribution in [2.45, 2.75) is 20.0 Å². The highest BCUT2D eigenvalue weighted by Crippen LogP contribution is 2.31. The molecule has 0 aliphatic heterocycles. The molecule has 19 heavy (non-hydrogen) atoms. The number of amidine groups is 1. The number of aryl methyl sites for hydroxylation is 1. The van der Waals surface area contributed by atoms with Gasteiger partial charge in [0.05, 0.1) is 0 Å². The molecule has 0 saturated heterocycles. The van der Waals surface area contributed by atoms with E-state index in [4.69, 9.17) is 15.7 Å². The van der Waals surface area contributed by atoms with Crippen molar-refractivity contribution in [3.8, 4) is 5.75 Å². The average Bonchev–Trinajstić information content (AvgIpc) is 2.40. The van der Waals surface area contributed by atoms with E-state index in [1.165, 1.54) is 0 Å². The first-order chi connectivity index (χ1) is 9.02. The van der Waals surface area contributed by atoms with E-state index in [2.05, 4.69) is 26.1 Å². The molecule has 5 nitrogen and oxygen atoms in total. The molecule has 1 heterocycles. The molecule has 0 aliphatic rings. The molecule has 1 atom stereocenters. The van der Waals surface area contributed by atoms with Gasteiger partial charge in [-0.3, -0.25) is 0 Å². The minimum Gasteiger partial charge on any atom is -0.480 e. The predicted octanol–water partition coefficient (Wildman–Crippen LogP) is 2.82. The number of halogens is 1. The summed E-state index contributed by atoms with van der Waals surface area (Å²) in [5, 5.41) is 12.5. The molecular weight excluding hydrogens is 310 g/mol. The van der Waals surface area contributed by atoms with Gasteiger partial charge in [-0.2, -0.15) is 0 Å². The van der Waals surface area contributed by atoms with Crippen LogP contribution in [-0.4, -0.2) is 22.1 Å². The summed E-state index contributed by atoms with van der Waals surface area (Å²) in [4.78, 5) is 4.48. The number of benzene rings is 1. The summed E-state index contributed by atoms with van der Waals surface area (Å²) in [6.07, 6.45) is -0.531. The van der Waals surface area contributed by atoms with Crippen LogP contribution in [0.25, 0.3) is 10.9 Å². The van der Waals surface area contributed by atoms with Crippen LogP contribution >= 0.6 is 15.9 Å². The van der Waals surface area contributed by atoms with Crippen LogP contribution in [0.4, 0.5) is 0 Å². The van der Waals surface area contributed by atoms with E-state index in [0.717, 1.165) is 21.1 Å². The van der Waals surface area contributed by atoms with Crippen molar-refractivity contribution in [2.75, 3.05) is 0 Å². The third-order valence-electron chi connectivity index (χ3n) is 2.74. The van der Waals surface area contributed by atoms with Gasteiger partial charge in [-0.25, -0.2) is 4.98 Å². The largest absolute Gasteiger partial charge is 0.480 e. The number of ether oxygens (including phenoxy) is 1. The van der Waals surface area contributed by atoms with Crippen LogP contribution in [0.15, 0.2) is 33.9 Å². The van der Waals surface area contributed by atoms with Crippen molar-refractivity contribution in [3.05, 3.63) is 34.4 Å². The molecule has 0 spiro atoms. The summed E-state index contributed by atoms with van der Waals surface area (Å²) >= 11 is 3.48.